The molecule has 1 aliphatic heterocycles. The molecule has 1 amide bonds. The van der Waals surface area contributed by atoms with Crippen LogP contribution in [0.1, 0.15) is 10.4 Å². The van der Waals surface area contributed by atoms with Crippen molar-refractivity contribution in [1.82, 2.24) is 19.5 Å². The second-order valence-corrected chi connectivity index (χ2v) is 7.43. The van der Waals surface area contributed by atoms with Crippen molar-refractivity contribution in [2.24, 2.45) is 0 Å². The van der Waals surface area contributed by atoms with Crippen LogP contribution in [0.25, 0.3) is 16.6 Å². The summed E-state index contributed by atoms with van der Waals surface area (Å²) in [5, 5.41) is 5.59. The summed E-state index contributed by atoms with van der Waals surface area (Å²) in [6.07, 6.45) is 1.53. The van der Waals surface area contributed by atoms with Gasteiger partial charge >= 0.3 is 0 Å². The van der Waals surface area contributed by atoms with Gasteiger partial charge in [0.2, 0.25) is 0 Å². The molecule has 0 unspecified atom stereocenters. The normalized spacial score (nSPS) is 14.7. The number of piperazine rings is 1. The Balaban J connectivity index is 1.43. The number of nitrogens with one attached hydrogen (secondary N) is 1. The highest BCUT2D eigenvalue weighted by atomic mass is 35.5. The van der Waals surface area contributed by atoms with E-state index in [1.54, 1.807) is 21.5 Å². The van der Waals surface area contributed by atoms with Crippen LogP contribution in [0.2, 0.25) is 5.02 Å². The van der Waals surface area contributed by atoms with E-state index in [1.807, 2.05) is 36.4 Å². The zero-order valence-corrected chi connectivity index (χ0v) is 16.3. The number of hydrogen-bond donors (Lipinski definition) is 1. The molecule has 5 rings (SSSR count). The summed E-state index contributed by atoms with van der Waals surface area (Å²) in [5.74, 6) is -0.135. The van der Waals surface area contributed by atoms with Crippen molar-refractivity contribution in [3.63, 3.8) is 0 Å². The van der Waals surface area contributed by atoms with Crippen molar-refractivity contribution >= 4 is 39.7 Å². The number of nitrogens with zero attached hydrogens (tertiary/aromatic N) is 4. The second kappa shape index (κ2) is 6.93. The summed E-state index contributed by atoms with van der Waals surface area (Å²) in [6.45, 7) is 2.51. The van der Waals surface area contributed by atoms with Gasteiger partial charge in [0, 0.05) is 26.2 Å². The number of benzene rings is 2. The van der Waals surface area contributed by atoms with Gasteiger partial charge in [-0.2, -0.15) is 5.10 Å². The Morgan fingerprint density at radius 3 is 2.52 bits per heavy atom. The Morgan fingerprint density at radius 2 is 1.72 bits per heavy atom. The molecule has 0 aliphatic carbocycles. The molecule has 146 valence electrons. The number of para-hydroxylation sites is 2. The van der Waals surface area contributed by atoms with Gasteiger partial charge in [-0.1, -0.05) is 35.9 Å². The lowest BCUT2D eigenvalue weighted by atomic mass is 10.2. The molecule has 0 spiro atoms. The molecule has 29 heavy (non-hydrogen) atoms. The molecule has 8 heteroatoms. The number of carbonyl (C=O) groups is 1. The van der Waals surface area contributed by atoms with E-state index in [2.05, 4.69) is 15.0 Å². The van der Waals surface area contributed by atoms with Crippen molar-refractivity contribution in [2.45, 2.75) is 0 Å². The summed E-state index contributed by atoms with van der Waals surface area (Å²) in [7, 11) is 0. The summed E-state index contributed by atoms with van der Waals surface area (Å²) in [5.41, 5.74) is 2.25. The van der Waals surface area contributed by atoms with Crippen LogP contribution in [0.5, 0.6) is 0 Å². The van der Waals surface area contributed by atoms with Gasteiger partial charge in [-0.05, 0) is 24.3 Å². The summed E-state index contributed by atoms with van der Waals surface area (Å²) in [4.78, 5) is 32.4. The van der Waals surface area contributed by atoms with Crippen molar-refractivity contribution in [3.8, 4) is 0 Å². The van der Waals surface area contributed by atoms with Crippen molar-refractivity contribution in [3.05, 3.63) is 75.7 Å². The smallest absolute Gasteiger partial charge is 0.259 e. The Bertz CT molecular complexity index is 1290. The third kappa shape index (κ3) is 2.94. The minimum absolute atomic E-state index is 0.135. The topological polar surface area (TPSA) is 73.7 Å². The second-order valence-electron chi connectivity index (χ2n) is 7.02. The lowest BCUT2D eigenvalue weighted by molar-refractivity contribution is 0.0748. The number of anilines is 1. The van der Waals surface area contributed by atoms with Gasteiger partial charge < -0.3 is 14.8 Å². The molecule has 0 saturated carbocycles. The molecule has 1 N–H and O–H groups in total. The van der Waals surface area contributed by atoms with Crippen molar-refractivity contribution in [1.29, 1.82) is 0 Å². The van der Waals surface area contributed by atoms with Gasteiger partial charge in [-0.3, -0.25) is 9.59 Å². The predicted octanol–water partition coefficient (Wildman–Crippen LogP) is 2.79. The molecular formula is C21H18ClN5O2. The van der Waals surface area contributed by atoms with Gasteiger partial charge in [0.25, 0.3) is 11.5 Å². The number of rotatable bonds is 2. The minimum atomic E-state index is -0.230. The first kappa shape index (κ1) is 17.8. The van der Waals surface area contributed by atoms with Crippen LogP contribution in [0.4, 0.5) is 5.69 Å². The number of H-pyrrole nitrogens is 1. The van der Waals surface area contributed by atoms with E-state index in [0.717, 1.165) is 5.69 Å². The molecule has 4 aromatic rings. The van der Waals surface area contributed by atoms with E-state index < -0.39 is 0 Å². The quantitative estimate of drug-likeness (QED) is 0.554. The summed E-state index contributed by atoms with van der Waals surface area (Å²) >= 11 is 6.30. The molecule has 0 radical (unpaired) electrons. The van der Waals surface area contributed by atoms with Crippen LogP contribution in [-0.4, -0.2) is 51.6 Å². The van der Waals surface area contributed by atoms with Crippen LogP contribution < -0.4 is 10.5 Å². The third-order valence-corrected chi connectivity index (χ3v) is 5.69. The van der Waals surface area contributed by atoms with Crippen LogP contribution in [0.3, 0.4) is 0 Å². The minimum Gasteiger partial charge on any atom is -0.367 e. The fraction of sp³-hybridized carbons (Fsp3) is 0.190. The maximum absolute atomic E-state index is 13.1. The lowest BCUT2D eigenvalue weighted by Gasteiger charge is -2.36. The van der Waals surface area contributed by atoms with Gasteiger partial charge in [-0.25, -0.2) is 4.52 Å². The van der Waals surface area contributed by atoms with Gasteiger partial charge in [0.15, 0.2) is 0 Å². The third-order valence-electron chi connectivity index (χ3n) is 5.37. The molecule has 1 aliphatic rings. The number of amides is 1. The first-order valence-corrected chi connectivity index (χ1v) is 9.79. The molecule has 7 nitrogen and oxygen atoms in total. The predicted molar refractivity (Wildman–Crippen MR) is 113 cm³/mol. The summed E-state index contributed by atoms with van der Waals surface area (Å²) < 4.78 is 1.62. The van der Waals surface area contributed by atoms with E-state index in [1.165, 1.54) is 6.20 Å². The Labute approximate surface area is 171 Å². The maximum Gasteiger partial charge on any atom is 0.259 e. The summed E-state index contributed by atoms with van der Waals surface area (Å²) in [6, 6.07) is 14.9. The average molecular weight is 408 g/mol. The van der Waals surface area contributed by atoms with Crippen LogP contribution in [-0.2, 0) is 0 Å². The van der Waals surface area contributed by atoms with Gasteiger partial charge in [0.1, 0.15) is 11.2 Å². The standard InChI is InChI=1S/C21H18ClN5O2/c22-16-6-2-4-8-18(16)25-9-11-26(12-10-25)21(29)15-13-23-27-17-7-3-1-5-14(17)20(28)24-19(15)27/h1-8,13H,9-12H2,(H,24,28). The number of halogens is 1. The molecule has 2 aromatic carbocycles. The number of aromatic nitrogens is 3. The zero-order chi connectivity index (χ0) is 20.0. The molecule has 0 atom stereocenters. The van der Waals surface area contributed by atoms with E-state index in [9.17, 15) is 9.59 Å². The highest BCUT2D eigenvalue weighted by Crippen LogP contribution is 2.26. The number of aromatic amines is 1. The van der Waals surface area contributed by atoms with E-state index in [-0.39, 0.29) is 11.5 Å². The van der Waals surface area contributed by atoms with E-state index >= 15 is 0 Å². The van der Waals surface area contributed by atoms with Gasteiger partial charge in [0.05, 0.1) is 27.8 Å². The van der Waals surface area contributed by atoms with Crippen LogP contribution in [0, 0.1) is 0 Å². The fourth-order valence-corrected chi connectivity index (χ4v) is 4.12. The van der Waals surface area contributed by atoms with E-state index in [4.69, 9.17) is 11.6 Å². The molecule has 2 aromatic heterocycles. The Kier molecular flexibility index (Phi) is 4.24. The Morgan fingerprint density at radius 1 is 1.00 bits per heavy atom. The lowest BCUT2D eigenvalue weighted by Crippen LogP contribution is -2.48. The first-order chi connectivity index (χ1) is 14.1. The monoisotopic (exact) mass is 407 g/mol. The van der Waals surface area contributed by atoms with Crippen LogP contribution in [0.15, 0.2) is 59.5 Å². The number of hydrogen-bond acceptors (Lipinski definition) is 4. The van der Waals surface area contributed by atoms with E-state index in [0.29, 0.717) is 53.3 Å². The SMILES string of the molecule is O=C(c1cnn2c1[nH]c(=O)c1ccccc12)N1CCN(c2ccccc2Cl)CC1. The fourth-order valence-electron chi connectivity index (χ4n) is 3.86. The number of fused-ring (bicyclic) bond motifs is 3. The van der Waals surface area contributed by atoms with Crippen molar-refractivity contribution in [2.75, 3.05) is 31.1 Å². The average Bonchev–Trinajstić information content (AvgIpc) is 3.18. The molecule has 0 bridgehead atoms. The molecule has 3 heterocycles. The molecular weight excluding hydrogens is 390 g/mol. The highest BCUT2D eigenvalue weighted by molar-refractivity contribution is 6.33. The Hall–Kier alpha value is -3.32. The number of carbonyl (C=O) groups excluding carboxylic acids is 1. The van der Waals surface area contributed by atoms with Gasteiger partial charge in [-0.15, -0.1) is 0 Å². The first-order valence-electron chi connectivity index (χ1n) is 9.41. The molecule has 1 fully saturated rings. The maximum atomic E-state index is 13.1. The largest absolute Gasteiger partial charge is 0.367 e. The molecule has 1 saturated heterocycles. The highest BCUT2D eigenvalue weighted by Gasteiger charge is 2.26. The zero-order valence-electron chi connectivity index (χ0n) is 15.5. The van der Waals surface area contributed by atoms with Crippen LogP contribution >= 0.6 is 11.6 Å². The van der Waals surface area contributed by atoms with Crippen molar-refractivity contribution < 1.29 is 4.79 Å².